The highest BCUT2D eigenvalue weighted by molar-refractivity contribution is 5.97. The minimum absolute atomic E-state index is 0.0182. The first-order valence-electron chi connectivity index (χ1n) is 10.7. The van der Waals surface area contributed by atoms with Crippen LogP contribution in [0.2, 0.25) is 0 Å². The molecule has 2 aliphatic rings. The van der Waals surface area contributed by atoms with Crippen molar-refractivity contribution < 1.29 is 14.3 Å². The fraction of sp³-hybridized carbons (Fsp3) is 0.375. The number of hydrogen-bond acceptors (Lipinski definition) is 5. The van der Waals surface area contributed by atoms with Crippen LogP contribution in [0.4, 0.5) is 0 Å². The van der Waals surface area contributed by atoms with Gasteiger partial charge in [0.1, 0.15) is 0 Å². The molecule has 2 aromatic carbocycles. The SMILES string of the molecule is O=C(c1ccc2nccnc2c1)N(Cc1cccc2c1OCO2)CC1CCCCC1. The summed E-state index contributed by atoms with van der Waals surface area (Å²) in [6.07, 6.45) is 9.47. The molecule has 1 aliphatic heterocycles. The van der Waals surface area contributed by atoms with E-state index in [9.17, 15) is 4.79 Å². The lowest BCUT2D eigenvalue weighted by atomic mass is 9.88. The average molecular weight is 403 g/mol. The number of rotatable bonds is 5. The van der Waals surface area contributed by atoms with Crippen molar-refractivity contribution in [2.45, 2.75) is 38.6 Å². The Hall–Kier alpha value is -3.15. The van der Waals surface area contributed by atoms with Crippen molar-refractivity contribution in [3.8, 4) is 11.5 Å². The molecule has 0 N–H and O–H groups in total. The van der Waals surface area contributed by atoms with Crippen molar-refractivity contribution >= 4 is 16.9 Å². The Balaban J connectivity index is 1.45. The molecule has 0 bridgehead atoms. The van der Waals surface area contributed by atoms with Gasteiger partial charge in [-0.05, 0) is 43.0 Å². The number of aromatic nitrogens is 2. The van der Waals surface area contributed by atoms with E-state index in [1.807, 2.05) is 41.3 Å². The minimum atomic E-state index is 0.0182. The lowest BCUT2D eigenvalue weighted by Crippen LogP contribution is -2.35. The van der Waals surface area contributed by atoms with Gasteiger partial charge in [0.15, 0.2) is 11.5 Å². The summed E-state index contributed by atoms with van der Waals surface area (Å²) in [5, 5.41) is 0. The van der Waals surface area contributed by atoms with Crippen molar-refractivity contribution in [3.63, 3.8) is 0 Å². The number of nitrogens with zero attached hydrogens (tertiary/aromatic N) is 3. The standard InChI is InChI=1S/C24H25N3O3/c28-24(18-9-10-20-21(13-18)26-12-11-25-20)27(14-17-5-2-1-3-6-17)15-19-7-4-8-22-23(19)30-16-29-22/h4,7-13,17H,1-3,5-6,14-16H2. The first-order chi connectivity index (χ1) is 14.8. The third kappa shape index (κ3) is 3.82. The van der Waals surface area contributed by atoms with E-state index in [4.69, 9.17) is 9.47 Å². The Kier molecular flexibility index (Phi) is 5.22. The topological polar surface area (TPSA) is 64.6 Å². The van der Waals surface area contributed by atoms with Crippen molar-refractivity contribution in [2.75, 3.05) is 13.3 Å². The van der Waals surface area contributed by atoms with Crippen LogP contribution < -0.4 is 9.47 Å². The Bertz CT molecular complexity index is 1060. The van der Waals surface area contributed by atoms with Gasteiger partial charge in [-0.1, -0.05) is 31.4 Å². The molecule has 2 heterocycles. The Morgan fingerprint density at radius 2 is 1.83 bits per heavy atom. The number of carbonyl (C=O) groups is 1. The highest BCUT2D eigenvalue weighted by Gasteiger charge is 2.25. The van der Waals surface area contributed by atoms with Gasteiger partial charge >= 0.3 is 0 Å². The zero-order chi connectivity index (χ0) is 20.3. The predicted molar refractivity (Wildman–Crippen MR) is 113 cm³/mol. The molecule has 6 heteroatoms. The van der Waals surface area contributed by atoms with Gasteiger partial charge in [0.2, 0.25) is 6.79 Å². The number of ether oxygens (including phenoxy) is 2. The molecule has 0 unspecified atom stereocenters. The molecule has 1 aromatic heterocycles. The van der Waals surface area contributed by atoms with Crippen molar-refractivity contribution in [3.05, 3.63) is 59.9 Å². The monoisotopic (exact) mass is 403 g/mol. The molecule has 5 rings (SSSR count). The number of para-hydroxylation sites is 1. The van der Waals surface area contributed by atoms with Crippen LogP contribution in [-0.2, 0) is 6.54 Å². The molecular formula is C24H25N3O3. The molecule has 0 saturated heterocycles. The molecule has 1 saturated carbocycles. The normalized spacial score (nSPS) is 16.0. The lowest BCUT2D eigenvalue weighted by Gasteiger charge is -2.30. The number of amides is 1. The minimum Gasteiger partial charge on any atom is -0.454 e. The van der Waals surface area contributed by atoms with Crippen LogP contribution in [-0.4, -0.2) is 34.1 Å². The zero-order valence-corrected chi connectivity index (χ0v) is 16.9. The lowest BCUT2D eigenvalue weighted by molar-refractivity contribution is 0.0697. The smallest absolute Gasteiger partial charge is 0.254 e. The fourth-order valence-electron chi connectivity index (χ4n) is 4.50. The molecular weight excluding hydrogens is 378 g/mol. The van der Waals surface area contributed by atoms with Crippen molar-refractivity contribution in [2.24, 2.45) is 5.92 Å². The molecule has 1 aliphatic carbocycles. The second kappa shape index (κ2) is 8.30. The first-order valence-corrected chi connectivity index (χ1v) is 10.7. The van der Waals surface area contributed by atoms with Gasteiger partial charge in [-0.25, -0.2) is 0 Å². The number of fused-ring (bicyclic) bond motifs is 2. The van der Waals surface area contributed by atoms with Gasteiger partial charge < -0.3 is 14.4 Å². The summed E-state index contributed by atoms with van der Waals surface area (Å²) in [6, 6.07) is 11.4. The van der Waals surface area contributed by atoms with Crippen LogP contribution in [0.3, 0.4) is 0 Å². The summed E-state index contributed by atoms with van der Waals surface area (Å²) >= 11 is 0. The van der Waals surface area contributed by atoms with E-state index in [1.54, 1.807) is 12.4 Å². The van der Waals surface area contributed by atoms with Crippen LogP contribution in [0.15, 0.2) is 48.8 Å². The van der Waals surface area contributed by atoms with E-state index in [1.165, 1.54) is 32.1 Å². The maximum absolute atomic E-state index is 13.6. The second-order valence-corrected chi connectivity index (χ2v) is 8.10. The van der Waals surface area contributed by atoms with Crippen LogP contribution in [0.5, 0.6) is 11.5 Å². The summed E-state index contributed by atoms with van der Waals surface area (Å²) in [5.74, 6) is 2.06. The third-order valence-corrected chi connectivity index (χ3v) is 6.05. The molecule has 1 amide bonds. The van der Waals surface area contributed by atoms with Crippen LogP contribution in [0, 0.1) is 5.92 Å². The third-order valence-electron chi connectivity index (χ3n) is 6.05. The van der Waals surface area contributed by atoms with E-state index in [0.29, 0.717) is 18.0 Å². The Morgan fingerprint density at radius 3 is 2.70 bits per heavy atom. The van der Waals surface area contributed by atoms with Gasteiger partial charge in [0.25, 0.3) is 5.91 Å². The van der Waals surface area contributed by atoms with Crippen LogP contribution >= 0.6 is 0 Å². The van der Waals surface area contributed by atoms with E-state index >= 15 is 0 Å². The molecule has 0 spiro atoms. The van der Waals surface area contributed by atoms with Crippen LogP contribution in [0.25, 0.3) is 11.0 Å². The molecule has 6 nitrogen and oxygen atoms in total. The summed E-state index contributed by atoms with van der Waals surface area (Å²) < 4.78 is 11.2. The molecule has 154 valence electrons. The van der Waals surface area contributed by atoms with E-state index < -0.39 is 0 Å². The maximum atomic E-state index is 13.6. The number of carbonyl (C=O) groups excluding carboxylic acids is 1. The molecule has 1 fully saturated rings. The average Bonchev–Trinajstić information content (AvgIpc) is 3.28. The van der Waals surface area contributed by atoms with Gasteiger partial charge in [0.05, 0.1) is 11.0 Å². The Labute approximate surface area is 175 Å². The van der Waals surface area contributed by atoms with Gasteiger partial charge in [-0.2, -0.15) is 0 Å². The van der Waals surface area contributed by atoms with Crippen LogP contribution in [0.1, 0.15) is 48.0 Å². The number of benzene rings is 2. The predicted octanol–water partition coefficient (Wildman–Crippen LogP) is 4.58. The van der Waals surface area contributed by atoms with E-state index in [-0.39, 0.29) is 12.7 Å². The highest BCUT2D eigenvalue weighted by atomic mass is 16.7. The molecule has 0 radical (unpaired) electrons. The second-order valence-electron chi connectivity index (χ2n) is 8.10. The van der Waals surface area contributed by atoms with Gasteiger partial charge in [-0.3, -0.25) is 14.8 Å². The first kappa shape index (κ1) is 18.9. The number of hydrogen-bond donors (Lipinski definition) is 0. The van der Waals surface area contributed by atoms with Crippen molar-refractivity contribution in [1.29, 1.82) is 0 Å². The zero-order valence-electron chi connectivity index (χ0n) is 16.9. The quantitative estimate of drug-likeness (QED) is 0.624. The Morgan fingerprint density at radius 1 is 1.00 bits per heavy atom. The molecule has 3 aromatic rings. The van der Waals surface area contributed by atoms with E-state index in [0.717, 1.165) is 34.6 Å². The largest absolute Gasteiger partial charge is 0.454 e. The van der Waals surface area contributed by atoms with E-state index in [2.05, 4.69) is 9.97 Å². The molecule has 30 heavy (non-hydrogen) atoms. The summed E-state index contributed by atoms with van der Waals surface area (Å²) in [5.41, 5.74) is 3.15. The summed E-state index contributed by atoms with van der Waals surface area (Å²) in [7, 11) is 0. The van der Waals surface area contributed by atoms with Gasteiger partial charge in [-0.15, -0.1) is 0 Å². The fourth-order valence-corrected chi connectivity index (χ4v) is 4.50. The summed E-state index contributed by atoms with van der Waals surface area (Å²) in [4.78, 5) is 24.2. The highest BCUT2D eigenvalue weighted by Crippen LogP contribution is 2.36. The molecule has 0 atom stereocenters. The van der Waals surface area contributed by atoms with Gasteiger partial charge in [0, 0.05) is 36.6 Å². The maximum Gasteiger partial charge on any atom is 0.254 e. The summed E-state index contributed by atoms with van der Waals surface area (Å²) in [6.45, 7) is 1.48. The van der Waals surface area contributed by atoms with Crippen molar-refractivity contribution in [1.82, 2.24) is 14.9 Å².